The van der Waals surface area contributed by atoms with E-state index in [0.29, 0.717) is 15.8 Å². The highest BCUT2D eigenvalue weighted by Gasteiger charge is 2.22. The fraction of sp³-hybridized carbons (Fsp3) is 0.538. The number of nitrogens with two attached hydrogens (primary N) is 1. The fourth-order valence-corrected chi connectivity index (χ4v) is 2.60. The van der Waals surface area contributed by atoms with Crippen molar-refractivity contribution in [2.24, 2.45) is 5.92 Å². The van der Waals surface area contributed by atoms with Crippen LogP contribution < -0.4 is 11.1 Å². The van der Waals surface area contributed by atoms with E-state index in [9.17, 15) is 4.79 Å². The van der Waals surface area contributed by atoms with Gasteiger partial charge >= 0.3 is 5.97 Å². The molecule has 0 saturated heterocycles. The summed E-state index contributed by atoms with van der Waals surface area (Å²) >= 11 is 1.19. The molecule has 0 bridgehead atoms. The Kier molecular flexibility index (Phi) is 5.64. The molecule has 0 aliphatic heterocycles. The van der Waals surface area contributed by atoms with Crippen LogP contribution in [0.15, 0.2) is 0 Å². The highest BCUT2D eigenvalue weighted by molar-refractivity contribution is 7.17. The van der Waals surface area contributed by atoms with Gasteiger partial charge in [-0.2, -0.15) is 5.26 Å². The first-order valence-corrected chi connectivity index (χ1v) is 6.97. The maximum absolute atomic E-state index is 11.7. The lowest BCUT2D eigenvalue weighted by atomic mass is 10.1. The summed E-state index contributed by atoms with van der Waals surface area (Å²) in [6, 6.07) is 1.99. The molecule has 6 heteroatoms. The summed E-state index contributed by atoms with van der Waals surface area (Å²) in [7, 11) is 1.30. The molecule has 1 heterocycles. The molecular weight excluding hydrogens is 262 g/mol. The van der Waals surface area contributed by atoms with Crippen molar-refractivity contribution in [1.29, 1.82) is 5.26 Å². The Balaban J connectivity index is 2.82. The van der Waals surface area contributed by atoms with Crippen LogP contribution in [0.3, 0.4) is 0 Å². The molecule has 0 unspecified atom stereocenters. The predicted molar refractivity (Wildman–Crippen MR) is 77.3 cm³/mol. The van der Waals surface area contributed by atoms with Gasteiger partial charge in [-0.25, -0.2) is 4.79 Å². The van der Waals surface area contributed by atoms with Crippen LogP contribution in [0.1, 0.15) is 41.9 Å². The third-order valence-corrected chi connectivity index (χ3v) is 3.75. The van der Waals surface area contributed by atoms with E-state index in [1.165, 1.54) is 18.4 Å². The molecule has 0 saturated carbocycles. The van der Waals surface area contributed by atoms with Crippen molar-refractivity contribution in [2.75, 3.05) is 24.7 Å². The van der Waals surface area contributed by atoms with Crippen molar-refractivity contribution in [3.8, 4) is 6.07 Å². The van der Waals surface area contributed by atoms with Crippen molar-refractivity contribution >= 4 is 28.0 Å². The van der Waals surface area contributed by atoms with Crippen molar-refractivity contribution in [1.82, 2.24) is 0 Å². The molecule has 0 aromatic carbocycles. The molecule has 1 aromatic heterocycles. The minimum Gasteiger partial charge on any atom is -0.465 e. The number of hydrogen-bond acceptors (Lipinski definition) is 6. The second-order valence-corrected chi connectivity index (χ2v) is 5.64. The molecule has 0 aliphatic carbocycles. The van der Waals surface area contributed by atoms with Crippen LogP contribution in [-0.2, 0) is 4.74 Å². The molecule has 19 heavy (non-hydrogen) atoms. The topological polar surface area (TPSA) is 88.1 Å². The molecule has 0 atom stereocenters. The third kappa shape index (κ3) is 3.86. The predicted octanol–water partition coefficient (Wildman–Crippen LogP) is 2.84. The monoisotopic (exact) mass is 281 g/mol. The van der Waals surface area contributed by atoms with E-state index >= 15 is 0 Å². The van der Waals surface area contributed by atoms with Gasteiger partial charge in [0.15, 0.2) is 0 Å². The number of methoxy groups -OCH3 is 1. The maximum atomic E-state index is 11.7. The number of nitriles is 1. The van der Waals surface area contributed by atoms with Crippen LogP contribution in [0.2, 0.25) is 0 Å². The van der Waals surface area contributed by atoms with Crippen LogP contribution in [0.4, 0.5) is 10.7 Å². The molecule has 0 aliphatic rings. The number of nitrogens with one attached hydrogen (secondary N) is 1. The molecular formula is C13H19N3O2S. The number of carbonyl (C=O) groups excluding carboxylic acids is 1. The molecule has 0 fully saturated rings. The SMILES string of the molecule is COC(=O)c1c(NCCCC(C)C)sc(C#N)c1N. The Bertz CT molecular complexity index is 489. The van der Waals surface area contributed by atoms with Gasteiger partial charge in [-0.15, -0.1) is 11.3 Å². The summed E-state index contributed by atoms with van der Waals surface area (Å²) in [5, 5.41) is 12.7. The Morgan fingerprint density at radius 2 is 2.26 bits per heavy atom. The quantitative estimate of drug-likeness (QED) is 0.618. The van der Waals surface area contributed by atoms with Gasteiger partial charge in [0, 0.05) is 6.54 Å². The minimum absolute atomic E-state index is 0.200. The molecule has 1 aromatic rings. The molecule has 104 valence electrons. The van der Waals surface area contributed by atoms with E-state index in [0.717, 1.165) is 19.4 Å². The number of rotatable bonds is 6. The first-order chi connectivity index (χ1) is 9.01. The number of ether oxygens (including phenoxy) is 1. The first-order valence-electron chi connectivity index (χ1n) is 6.15. The van der Waals surface area contributed by atoms with Gasteiger partial charge in [0.25, 0.3) is 0 Å². The largest absolute Gasteiger partial charge is 0.465 e. The van der Waals surface area contributed by atoms with Gasteiger partial charge in [-0.05, 0) is 18.8 Å². The van der Waals surface area contributed by atoms with Gasteiger partial charge < -0.3 is 15.8 Å². The number of thiophene rings is 1. The average Bonchev–Trinajstić information content (AvgIpc) is 2.70. The number of esters is 1. The van der Waals surface area contributed by atoms with Crippen molar-refractivity contribution in [3.05, 3.63) is 10.4 Å². The lowest BCUT2D eigenvalue weighted by molar-refractivity contribution is 0.0603. The summed E-state index contributed by atoms with van der Waals surface area (Å²) in [6.07, 6.45) is 2.10. The van der Waals surface area contributed by atoms with Crippen molar-refractivity contribution < 1.29 is 9.53 Å². The summed E-state index contributed by atoms with van der Waals surface area (Å²) in [4.78, 5) is 12.0. The molecule has 1 rings (SSSR count). The molecule has 5 nitrogen and oxygen atoms in total. The first kappa shape index (κ1) is 15.3. The lowest BCUT2D eigenvalue weighted by Gasteiger charge is -2.08. The maximum Gasteiger partial charge on any atom is 0.343 e. The van der Waals surface area contributed by atoms with Crippen molar-refractivity contribution in [3.63, 3.8) is 0 Å². The van der Waals surface area contributed by atoms with E-state index in [1.807, 2.05) is 6.07 Å². The second-order valence-electron chi connectivity index (χ2n) is 4.62. The van der Waals surface area contributed by atoms with Gasteiger partial charge in [0.05, 0.1) is 12.8 Å². The van der Waals surface area contributed by atoms with E-state index in [-0.39, 0.29) is 11.3 Å². The van der Waals surface area contributed by atoms with Gasteiger partial charge in [0.2, 0.25) is 0 Å². The zero-order chi connectivity index (χ0) is 14.4. The standard InChI is InChI=1S/C13H19N3O2S/c1-8(2)5-4-6-16-12-10(13(17)18-3)11(15)9(7-14)19-12/h8,16H,4-6,15H2,1-3H3. The zero-order valence-corrected chi connectivity index (χ0v) is 12.3. The number of anilines is 2. The minimum atomic E-state index is -0.512. The molecule has 0 radical (unpaired) electrons. The van der Waals surface area contributed by atoms with E-state index < -0.39 is 5.97 Å². The van der Waals surface area contributed by atoms with Crippen LogP contribution in [0.25, 0.3) is 0 Å². The normalized spacial score (nSPS) is 10.3. The van der Waals surface area contributed by atoms with E-state index in [1.54, 1.807) is 0 Å². The Hall–Kier alpha value is -1.74. The third-order valence-electron chi connectivity index (χ3n) is 2.68. The Morgan fingerprint density at radius 1 is 1.58 bits per heavy atom. The fourth-order valence-electron chi connectivity index (χ4n) is 1.67. The average molecular weight is 281 g/mol. The van der Waals surface area contributed by atoms with Gasteiger partial charge in [-0.1, -0.05) is 13.8 Å². The molecule has 3 N–H and O–H groups in total. The lowest BCUT2D eigenvalue weighted by Crippen LogP contribution is -2.09. The smallest absolute Gasteiger partial charge is 0.343 e. The van der Waals surface area contributed by atoms with E-state index in [2.05, 4.69) is 19.2 Å². The number of hydrogen-bond donors (Lipinski definition) is 2. The molecule has 0 spiro atoms. The van der Waals surface area contributed by atoms with Crippen LogP contribution in [0.5, 0.6) is 0 Å². The van der Waals surface area contributed by atoms with E-state index in [4.69, 9.17) is 15.7 Å². The number of carbonyl (C=O) groups is 1. The number of nitrogens with zero attached hydrogens (tertiary/aromatic N) is 1. The second kappa shape index (κ2) is 7.00. The molecule has 0 amide bonds. The zero-order valence-electron chi connectivity index (χ0n) is 11.4. The van der Waals surface area contributed by atoms with Gasteiger partial charge in [0.1, 0.15) is 21.5 Å². The summed E-state index contributed by atoms with van der Waals surface area (Å²) < 4.78 is 4.70. The van der Waals surface area contributed by atoms with Crippen molar-refractivity contribution in [2.45, 2.75) is 26.7 Å². The van der Waals surface area contributed by atoms with Gasteiger partial charge in [-0.3, -0.25) is 0 Å². The number of nitrogen functional groups attached to an aromatic ring is 1. The Morgan fingerprint density at radius 3 is 2.79 bits per heavy atom. The van der Waals surface area contributed by atoms with Crippen LogP contribution >= 0.6 is 11.3 Å². The van der Waals surface area contributed by atoms with Crippen LogP contribution in [-0.4, -0.2) is 19.6 Å². The highest BCUT2D eigenvalue weighted by atomic mass is 32.1. The summed E-state index contributed by atoms with van der Waals surface area (Å²) in [5.74, 6) is 0.131. The summed E-state index contributed by atoms with van der Waals surface area (Å²) in [5.41, 5.74) is 6.26. The van der Waals surface area contributed by atoms with Crippen LogP contribution in [0, 0.1) is 17.2 Å². The Labute approximate surface area is 117 Å². The highest BCUT2D eigenvalue weighted by Crippen LogP contribution is 2.35. The summed E-state index contributed by atoms with van der Waals surface area (Å²) in [6.45, 7) is 5.07.